The van der Waals surface area contributed by atoms with E-state index < -0.39 is 0 Å². The van der Waals surface area contributed by atoms with Crippen LogP contribution in [0, 0.1) is 16.7 Å². The Labute approximate surface area is 87.9 Å². The van der Waals surface area contributed by atoms with Crippen molar-refractivity contribution in [1.29, 1.82) is 0 Å². The van der Waals surface area contributed by atoms with Crippen LogP contribution in [0.25, 0.3) is 0 Å². The molecule has 0 saturated heterocycles. The molecule has 0 radical (unpaired) electrons. The largest absolute Gasteiger partial charge is 0.396 e. The van der Waals surface area contributed by atoms with Gasteiger partial charge in [-0.15, -0.1) is 0 Å². The molecule has 2 rings (SSSR count). The third-order valence-corrected chi connectivity index (χ3v) is 4.90. The highest BCUT2D eigenvalue weighted by Gasteiger charge is 2.63. The standard InChI is InChI=1S/C13H24O/c1-12(2)9-13(12,10-14)11-7-5-3-4-6-8-11/h11,14H,3-10H2,1-2H3. The smallest absolute Gasteiger partial charge is 0.0495 e. The summed E-state index contributed by atoms with van der Waals surface area (Å²) in [5, 5.41) is 9.64. The number of aliphatic hydroxyl groups is 1. The van der Waals surface area contributed by atoms with Gasteiger partial charge in [0.1, 0.15) is 0 Å². The highest BCUT2D eigenvalue weighted by molar-refractivity contribution is 5.12. The van der Waals surface area contributed by atoms with E-state index in [0.717, 1.165) is 5.92 Å². The van der Waals surface area contributed by atoms with Gasteiger partial charge in [0, 0.05) is 12.0 Å². The maximum atomic E-state index is 9.64. The first-order valence-electron chi connectivity index (χ1n) is 6.23. The predicted molar refractivity (Wildman–Crippen MR) is 59.1 cm³/mol. The monoisotopic (exact) mass is 196 g/mol. The van der Waals surface area contributed by atoms with Crippen LogP contribution < -0.4 is 0 Å². The molecule has 82 valence electrons. The maximum Gasteiger partial charge on any atom is 0.0495 e. The van der Waals surface area contributed by atoms with Gasteiger partial charge in [-0.1, -0.05) is 39.5 Å². The van der Waals surface area contributed by atoms with Crippen molar-refractivity contribution in [2.75, 3.05) is 6.61 Å². The van der Waals surface area contributed by atoms with Crippen molar-refractivity contribution in [2.24, 2.45) is 16.7 Å². The summed E-state index contributed by atoms with van der Waals surface area (Å²) in [6.45, 7) is 5.08. The Morgan fingerprint density at radius 2 is 1.57 bits per heavy atom. The van der Waals surface area contributed by atoms with E-state index >= 15 is 0 Å². The SMILES string of the molecule is CC1(C)CC1(CO)C1CCCCCC1. The second kappa shape index (κ2) is 3.52. The van der Waals surface area contributed by atoms with E-state index in [4.69, 9.17) is 0 Å². The summed E-state index contributed by atoms with van der Waals surface area (Å²) in [6, 6.07) is 0. The normalized spacial score (nSPS) is 37.9. The molecule has 1 unspecified atom stereocenters. The molecule has 2 fully saturated rings. The topological polar surface area (TPSA) is 20.2 Å². The second-order valence-corrected chi connectivity index (χ2v) is 6.06. The van der Waals surface area contributed by atoms with E-state index in [1.807, 2.05) is 0 Å². The summed E-state index contributed by atoms with van der Waals surface area (Å²) in [5.41, 5.74) is 0.716. The molecular weight excluding hydrogens is 172 g/mol. The fourth-order valence-electron chi connectivity index (χ4n) is 3.67. The molecule has 0 bridgehead atoms. The van der Waals surface area contributed by atoms with Gasteiger partial charge in [0.2, 0.25) is 0 Å². The average molecular weight is 196 g/mol. The molecule has 0 amide bonds. The lowest BCUT2D eigenvalue weighted by molar-refractivity contribution is 0.111. The molecule has 2 aliphatic rings. The third kappa shape index (κ3) is 1.50. The van der Waals surface area contributed by atoms with E-state index in [-0.39, 0.29) is 0 Å². The van der Waals surface area contributed by atoms with Gasteiger partial charge < -0.3 is 5.11 Å². The molecule has 0 aliphatic heterocycles. The van der Waals surface area contributed by atoms with Gasteiger partial charge in [-0.05, 0) is 30.6 Å². The van der Waals surface area contributed by atoms with Crippen molar-refractivity contribution in [2.45, 2.75) is 58.8 Å². The molecule has 1 N–H and O–H groups in total. The zero-order valence-electron chi connectivity index (χ0n) is 9.68. The maximum absolute atomic E-state index is 9.64. The number of aliphatic hydroxyl groups excluding tert-OH is 1. The predicted octanol–water partition coefficient (Wildman–Crippen LogP) is 3.37. The summed E-state index contributed by atoms with van der Waals surface area (Å²) in [5.74, 6) is 0.810. The van der Waals surface area contributed by atoms with Crippen LogP contribution in [0.3, 0.4) is 0 Å². The Bertz CT molecular complexity index is 201. The lowest BCUT2D eigenvalue weighted by Crippen LogP contribution is -2.24. The Kier molecular flexibility index (Phi) is 2.63. The lowest BCUT2D eigenvalue weighted by atomic mass is 9.79. The molecule has 0 heterocycles. The van der Waals surface area contributed by atoms with Crippen LogP contribution in [-0.4, -0.2) is 11.7 Å². The molecule has 0 aromatic rings. The molecule has 14 heavy (non-hydrogen) atoms. The highest BCUT2D eigenvalue weighted by Crippen LogP contribution is 2.69. The van der Waals surface area contributed by atoms with Crippen LogP contribution in [0.1, 0.15) is 58.8 Å². The summed E-state index contributed by atoms with van der Waals surface area (Å²) in [6.07, 6.45) is 9.59. The molecule has 1 heteroatoms. The summed E-state index contributed by atoms with van der Waals surface area (Å²) in [4.78, 5) is 0. The molecule has 0 aromatic heterocycles. The molecule has 1 nitrogen and oxygen atoms in total. The van der Waals surface area contributed by atoms with Crippen LogP contribution in [0.4, 0.5) is 0 Å². The lowest BCUT2D eigenvalue weighted by Gasteiger charge is -2.28. The van der Waals surface area contributed by atoms with E-state index in [1.165, 1.54) is 44.9 Å². The minimum Gasteiger partial charge on any atom is -0.396 e. The fraction of sp³-hybridized carbons (Fsp3) is 1.00. The molecular formula is C13H24O. The van der Waals surface area contributed by atoms with Crippen molar-refractivity contribution in [3.63, 3.8) is 0 Å². The van der Waals surface area contributed by atoms with E-state index in [1.54, 1.807) is 0 Å². The molecule has 0 spiro atoms. The fourth-order valence-corrected chi connectivity index (χ4v) is 3.67. The van der Waals surface area contributed by atoms with Crippen molar-refractivity contribution in [3.8, 4) is 0 Å². The summed E-state index contributed by atoms with van der Waals surface area (Å²) < 4.78 is 0. The molecule has 2 saturated carbocycles. The second-order valence-electron chi connectivity index (χ2n) is 6.06. The molecule has 0 aromatic carbocycles. The quantitative estimate of drug-likeness (QED) is 0.671. The highest BCUT2D eigenvalue weighted by atomic mass is 16.3. The first kappa shape index (κ1) is 10.5. The van der Waals surface area contributed by atoms with Gasteiger partial charge in [0.15, 0.2) is 0 Å². The summed E-state index contributed by atoms with van der Waals surface area (Å²) >= 11 is 0. The van der Waals surface area contributed by atoms with Gasteiger partial charge in [-0.2, -0.15) is 0 Å². The minimum atomic E-state index is 0.303. The first-order chi connectivity index (χ1) is 6.62. The molecule has 1 atom stereocenters. The number of hydrogen-bond acceptors (Lipinski definition) is 1. The van der Waals surface area contributed by atoms with Crippen LogP contribution in [0.2, 0.25) is 0 Å². The Morgan fingerprint density at radius 1 is 1.07 bits per heavy atom. The van der Waals surface area contributed by atoms with Crippen LogP contribution in [-0.2, 0) is 0 Å². The van der Waals surface area contributed by atoms with Crippen molar-refractivity contribution >= 4 is 0 Å². The van der Waals surface area contributed by atoms with Gasteiger partial charge in [0.05, 0.1) is 0 Å². The number of hydrogen-bond donors (Lipinski definition) is 1. The van der Waals surface area contributed by atoms with Crippen molar-refractivity contribution in [1.82, 2.24) is 0 Å². The van der Waals surface area contributed by atoms with Crippen LogP contribution in [0.5, 0.6) is 0 Å². The first-order valence-corrected chi connectivity index (χ1v) is 6.23. The van der Waals surface area contributed by atoms with E-state index in [2.05, 4.69) is 13.8 Å². The zero-order chi connectivity index (χ0) is 10.2. The molecule has 2 aliphatic carbocycles. The minimum absolute atomic E-state index is 0.303. The zero-order valence-corrected chi connectivity index (χ0v) is 9.68. The van der Waals surface area contributed by atoms with E-state index in [0.29, 0.717) is 17.4 Å². The van der Waals surface area contributed by atoms with Gasteiger partial charge in [-0.25, -0.2) is 0 Å². The Morgan fingerprint density at radius 3 is 1.93 bits per heavy atom. The Hall–Kier alpha value is -0.0400. The number of rotatable bonds is 2. The third-order valence-electron chi connectivity index (χ3n) is 4.90. The van der Waals surface area contributed by atoms with Gasteiger partial charge in [-0.3, -0.25) is 0 Å². The van der Waals surface area contributed by atoms with Crippen LogP contribution in [0.15, 0.2) is 0 Å². The van der Waals surface area contributed by atoms with Crippen LogP contribution >= 0.6 is 0 Å². The van der Waals surface area contributed by atoms with Gasteiger partial charge in [0.25, 0.3) is 0 Å². The van der Waals surface area contributed by atoms with Crippen molar-refractivity contribution in [3.05, 3.63) is 0 Å². The Balaban J connectivity index is 2.05. The van der Waals surface area contributed by atoms with Gasteiger partial charge >= 0.3 is 0 Å². The average Bonchev–Trinajstić information content (AvgIpc) is 2.80. The van der Waals surface area contributed by atoms with E-state index in [9.17, 15) is 5.11 Å². The summed E-state index contributed by atoms with van der Waals surface area (Å²) in [7, 11) is 0. The van der Waals surface area contributed by atoms with Crippen molar-refractivity contribution < 1.29 is 5.11 Å².